The summed E-state index contributed by atoms with van der Waals surface area (Å²) in [7, 11) is 0. The summed E-state index contributed by atoms with van der Waals surface area (Å²) < 4.78 is 5.81. The third-order valence-electron chi connectivity index (χ3n) is 5.16. The van der Waals surface area contributed by atoms with Gasteiger partial charge in [0.05, 0.1) is 17.0 Å². The number of para-hydroxylation sites is 2. The minimum absolute atomic E-state index is 0.170. The molecule has 2 aromatic carbocycles. The van der Waals surface area contributed by atoms with Crippen LogP contribution in [0.25, 0.3) is 11.0 Å². The molecule has 1 saturated heterocycles. The van der Waals surface area contributed by atoms with E-state index in [4.69, 9.17) is 9.84 Å². The average Bonchev–Trinajstić information content (AvgIpc) is 3.10. The Morgan fingerprint density at radius 2 is 1.89 bits per heavy atom. The number of H-pyrrole nitrogens is 1. The van der Waals surface area contributed by atoms with E-state index in [1.165, 1.54) is 5.56 Å². The summed E-state index contributed by atoms with van der Waals surface area (Å²) in [5.41, 5.74) is 3.08. The van der Waals surface area contributed by atoms with Crippen LogP contribution in [-0.2, 0) is 11.2 Å². The number of nitrogens with zero attached hydrogens (tertiary/aromatic N) is 2. The molecule has 0 radical (unpaired) electrons. The van der Waals surface area contributed by atoms with Gasteiger partial charge in [0.2, 0.25) is 0 Å². The van der Waals surface area contributed by atoms with Crippen molar-refractivity contribution in [3.63, 3.8) is 0 Å². The number of carboxylic acid groups (broad SMARTS) is 1. The fraction of sp³-hybridized carbons (Fsp3) is 0.333. The predicted molar refractivity (Wildman–Crippen MR) is 103 cm³/mol. The van der Waals surface area contributed by atoms with Gasteiger partial charge in [-0.1, -0.05) is 24.3 Å². The van der Waals surface area contributed by atoms with Gasteiger partial charge in [0, 0.05) is 6.54 Å². The Morgan fingerprint density at radius 1 is 1.15 bits per heavy atom. The van der Waals surface area contributed by atoms with Crippen molar-refractivity contribution in [3.8, 4) is 11.8 Å². The first kappa shape index (κ1) is 17.5. The van der Waals surface area contributed by atoms with Crippen LogP contribution in [0.3, 0.4) is 0 Å². The van der Waals surface area contributed by atoms with E-state index in [0.29, 0.717) is 6.01 Å². The highest BCUT2D eigenvalue weighted by Gasteiger charge is 2.23. The number of hydrogen-bond donors (Lipinski definition) is 2. The van der Waals surface area contributed by atoms with Crippen LogP contribution >= 0.6 is 0 Å². The molecule has 0 amide bonds. The van der Waals surface area contributed by atoms with Crippen LogP contribution < -0.4 is 4.74 Å². The van der Waals surface area contributed by atoms with Gasteiger partial charge in [0.25, 0.3) is 6.01 Å². The molecule has 0 saturated carbocycles. The van der Waals surface area contributed by atoms with Gasteiger partial charge < -0.3 is 19.7 Å². The summed E-state index contributed by atoms with van der Waals surface area (Å²) >= 11 is 0. The van der Waals surface area contributed by atoms with Crippen LogP contribution in [0.2, 0.25) is 0 Å². The van der Waals surface area contributed by atoms with Crippen molar-refractivity contribution >= 4 is 17.0 Å². The fourth-order valence-corrected chi connectivity index (χ4v) is 3.50. The first-order valence-corrected chi connectivity index (χ1v) is 9.34. The number of likely N-dealkylation sites (tertiary alicyclic amines) is 1. The smallest absolute Gasteiger partial charge is 0.306 e. The Labute approximate surface area is 157 Å². The molecule has 2 heterocycles. The number of ether oxygens (including phenoxy) is 1. The maximum Gasteiger partial charge on any atom is 0.306 e. The average molecular weight is 365 g/mol. The van der Waals surface area contributed by atoms with Gasteiger partial charge in [-0.15, -0.1) is 0 Å². The molecule has 3 aromatic rings. The zero-order valence-electron chi connectivity index (χ0n) is 15.1. The zero-order chi connectivity index (χ0) is 18.6. The number of aromatic amines is 1. The Balaban J connectivity index is 1.29. The molecule has 140 valence electrons. The van der Waals surface area contributed by atoms with Crippen LogP contribution in [0.4, 0.5) is 0 Å². The van der Waals surface area contributed by atoms with Crippen LogP contribution in [0, 0.1) is 5.92 Å². The van der Waals surface area contributed by atoms with Gasteiger partial charge in [0.1, 0.15) is 5.75 Å². The lowest BCUT2D eigenvalue weighted by Gasteiger charge is -2.29. The van der Waals surface area contributed by atoms with Crippen LogP contribution in [0.1, 0.15) is 18.4 Å². The summed E-state index contributed by atoms with van der Waals surface area (Å²) in [6.07, 6.45) is 2.45. The number of benzene rings is 2. The summed E-state index contributed by atoms with van der Waals surface area (Å²) in [5, 5.41) is 9.07. The summed E-state index contributed by atoms with van der Waals surface area (Å²) in [6, 6.07) is 16.4. The molecule has 2 N–H and O–H groups in total. The molecule has 1 aliphatic rings. The second kappa shape index (κ2) is 7.80. The molecule has 6 heteroatoms. The van der Waals surface area contributed by atoms with Crippen molar-refractivity contribution in [3.05, 3.63) is 54.1 Å². The quantitative estimate of drug-likeness (QED) is 0.696. The first-order valence-electron chi connectivity index (χ1n) is 9.34. The molecular weight excluding hydrogens is 342 g/mol. The maximum absolute atomic E-state index is 11.0. The van der Waals surface area contributed by atoms with Gasteiger partial charge >= 0.3 is 5.97 Å². The lowest BCUT2D eigenvalue weighted by atomic mass is 9.97. The highest BCUT2D eigenvalue weighted by Crippen LogP contribution is 2.23. The SMILES string of the molecule is O=C(O)C1CCN(CCc2ccc(Oc3nc4ccccc4[nH]3)cc2)CC1. The van der Waals surface area contributed by atoms with Gasteiger partial charge in [-0.25, -0.2) is 0 Å². The second-order valence-electron chi connectivity index (χ2n) is 7.01. The normalized spacial score (nSPS) is 15.9. The van der Waals surface area contributed by atoms with Crippen molar-refractivity contribution in [2.75, 3.05) is 19.6 Å². The molecule has 0 bridgehead atoms. The number of fused-ring (bicyclic) bond motifs is 1. The van der Waals surface area contributed by atoms with Crippen molar-refractivity contribution in [1.29, 1.82) is 0 Å². The predicted octanol–water partition coefficient (Wildman–Crippen LogP) is 3.69. The van der Waals surface area contributed by atoms with Gasteiger partial charge in [0.15, 0.2) is 0 Å². The Bertz CT molecular complexity index is 879. The van der Waals surface area contributed by atoms with E-state index in [1.54, 1.807) is 0 Å². The number of aliphatic carboxylic acids is 1. The zero-order valence-corrected chi connectivity index (χ0v) is 15.1. The van der Waals surface area contributed by atoms with Crippen molar-refractivity contribution in [2.45, 2.75) is 19.3 Å². The molecule has 0 atom stereocenters. The molecule has 1 aromatic heterocycles. The van der Waals surface area contributed by atoms with Gasteiger partial charge in [-0.05, 0) is 62.2 Å². The highest BCUT2D eigenvalue weighted by molar-refractivity contribution is 5.75. The number of imidazole rings is 1. The van der Waals surface area contributed by atoms with Gasteiger partial charge in [-0.3, -0.25) is 4.79 Å². The number of hydrogen-bond acceptors (Lipinski definition) is 4. The minimum Gasteiger partial charge on any atom is -0.481 e. The van der Waals surface area contributed by atoms with Crippen LogP contribution in [0.15, 0.2) is 48.5 Å². The van der Waals surface area contributed by atoms with E-state index in [2.05, 4.69) is 27.0 Å². The Hall–Kier alpha value is -2.86. The summed E-state index contributed by atoms with van der Waals surface area (Å²) in [5.74, 6) is -0.0781. The van der Waals surface area contributed by atoms with Crippen LogP contribution in [-0.4, -0.2) is 45.6 Å². The van der Waals surface area contributed by atoms with Crippen LogP contribution in [0.5, 0.6) is 11.8 Å². The molecule has 0 unspecified atom stereocenters. The number of carboxylic acids is 1. The standard InChI is InChI=1S/C21H23N3O3/c25-20(26)16-10-13-24(14-11-16)12-9-15-5-7-17(8-6-15)27-21-22-18-3-1-2-4-19(18)23-21/h1-8,16H,9-14H2,(H,22,23)(H,25,26). The number of aromatic nitrogens is 2. The van der Waals surface area contributed by atoms with E-state index in [1.807, 2.05) is 36.4 Å². The number of piperidine rings is 1. The molecule has 0 aliphatic carbocycles. The van der Waals surface area contributed by atoms with Crippen molar-refractivity contribution < 1.29 is 14.6 Å². The van der Waals surface area contributed by atoms with Gasteiger partial charge in [-0.2, -0.15) is 4.98 Å². The highest BCUT2D eigenvalue weighted by atomic mass is 16.5. The topological polar surface area (TPSA) is 78.4 Å². The lowest BCUT2D eigenvalue weighted by molar-refractivity contribution is -0.143. The Morgan fingerprint density at radius 3 is 2.59 bits per heavy atom. The summed E-state index contributed by atoms with van der Waals surface area (Å²) in [4.78, 5) is 20.9. The molecule has 6 nitrogen and oxygen atoms in total. The van der Waals surface area contributed by atoms with E-state index >= 15 is 0 Å². The van der Waals surface area contributed by atoms with E-state index in [0.717, 1.165) is 55.7 Å². The monoisotopic (exact) mass is 365 g/mol. The first-order chi connectivity index (χ1) is 13.2. The van der Waals surface area contributed by atoms with Crippen molar-refractivity contribution in [1.82, 2.24) is 14.9 Å². The van der Waals surface area contributed by atoms with Crippen molar-refractivity contribution in [2.24, 2.45) is 5.92 Å². The Kier molecular flexibility index (Phi) is 5.07. The fourth-order valence-electron chi connectivity index (χ4n) is 3.50. The van der Waals surface area contributed by atoms with E-state index in [9.17, 15) is 4.79 Å². The third-order valence-corrected chi connectivity index (χ3v) is 5.16. The number of nitrogens with one attached hydrogen (secondary N) is 1. The molecule has 1 aliphatic heterocycles. The maximum atomic E-state index is 11.0. The molecule has 4 rings (SSSR count). The van der Waals surface area contributed by atoms with E-state index < -0.39 is 5.97 Å². The molecule has 0 spiro atoms. The number of carbonyl (C=O) groups is 1. The largest absolute Gasteiger partial charge is 0.481 e. The minimum atomic E-state index is -0.658. The third kappa shape index (κ3) is 4.28. The van der Waals surface area contributed by atoms with E-state index in [-0.39, 0.29) is 5.92 Å². The summed E-state index contributed by atoms with van der Waals surface area (Å²) in [6.45, 7) is 2.69. The molecular formula is C21H23N3O3. The molecule has 27 heavy (non-hydrogen) atoms. The lowest BCUT2D eigenvalue weighted by Crippen LogP contribution is -2.37. The second-order valence-corrected chi connectivity index (χ2v) is 7.01. The molecule has 1 fully saturated rings. The number of rotatable bonds is 6.